The fourth-order valence-corrected chi connectivity index (χ4v) is 3.27. The number of ether oxygens (including phenoxy) is 1. The second-order valence-corrected chi connectivity index (χ2v) is 5.97. The molecule has 3 rings (SSSR count). The minimum Gasteiger partial charge on any atom is -0.504 e. The summed E-state index contributed by atoms with van der Waals surface area (Å²) in [5.41, 5.74) is 4.22. The van der Waals surface area contributed by atoms with Crippen LogP contribution in [0.1, 0.15) is 22.9 Å². The van der Waals surface area contributed by atoms with Crippen molar-refractivity contribution < 1.29 is 9.84 Å². The number of nitrogens with zero attached hydrogens (tertiary/aromatic N) is 1. The molecule has 0 amide bonds. The number of aryl methyl sites for hydroxylation is 1. The van der Waals surface area contributed by atoms with Gasteiger partial charge in [-0.1, -0.05) is 30.3 Å². The second-order valence-electron chi connectivity index (χ2n) is 5.97. The summed E-state index contributed by atoms with van der Waals surface area (Å²) in [7, 11) is 5.61. The van der Waals surface area contributed by atoms with Crippen LogP contribution in [-0.2, 0) is 0 Å². The lowest BCUT2D eigenvalue weighted by Crippen LogP contribution is -2.21. The summed E-state index contributed by atoms with van der Waals surface area (Å²) >= 11 is 0. The quantitative estimate of drug-likeness (QED) is 0.769. The Kier molecular flexibility index (Phi) is 4.01. The lowest BCUT2D eigenvalue weighted by molar-refractivity contribution is 0.322. The molecule has 23 heavy (non-hydrogen) atoms. The molecule has 1 atom stereocenters. The Morgan fingerprint density at radius 1 is 1.09 bits per heavy atom. The number of hydrogen-bond acceptors (Lipinski definition) is 3. The number of rotatable bonds is 4. The zero-order chi connectivity index (χ0) is 16.6. The highest BCUT2D eigenvalue weighted by Crippen LogP contribution is 2.41. The summed E-state index contributed by atoms with van der Waals surface area (Å²) in [6.07, 6.45) is 0. The van der Waals surface area contributed by atoms with Crippen LogP contribution in [0.25, 0.3) is 10.9 Å². The number of phenols is 1. The molecule has 0 saturated carbocycles. The number of aromatic hydroxyl groups is 1. The zero-order valence-electron chi connectivity index (χ0n) is 13.9. The average molecular weight is 310 g/mol. The van der Waals surface area contributed by atoms with Crippen LogP contribution in [0.2, 0.25) is 0 Å². The smallest absolute Gasteiger partial charge is 0.162 e. The molecule has 0 fully saturated rings. The lowest BCUT2D eigenvalue weighted by atomic mass is 9.94. The first-order valence-corrected chi connectivity index (χ1v) is 7.64. The van der Waals surface area contributed by atoms with E-state index in [4.69, 9.17) is 4.74 Å². The lowest BCUT2D eigenvalue weighted by Gasteiger charge is -2.27. The van der Waals surface area contributed by atoms with Crippen LogP contribution in [0.3, 0.4) is 0 Å². The van der Waals surface area contributed by atoms with Gasteiger partial charge in [0.15, 0.2) is 11.5 Å². The van der Waals surface area contributed by atoms with E-state index in [1.165, 1.54) is 10.9 Å². The Hall–Kier alpha value is -2.46. The van der Waals surface area contributed by atoms with Crippen LogP contribution in [0.5, 0.6) is 11.5 Å². The molecule has 2 aromatic carbocycles. The van der Waals surface area contributed by atoms with E-state index < -0.39 is 0 Å². The minimum atomic E-state index is -0.0683. The van der Waals surface area contributed by atoms with E-state index in [0.717, 1.165) is 16.8 Å². The molecular weight excluding hydrogens is 288 g/mol. The van der Waals surface area contributed by atoms with Crippen LogP contribution >= 0.6 is 0 Å². The summed E-state index contributed by atoms with van der Waals surface area (Å²) in [6, 6.07) is 13.8. The normalized spacial score (nSPS) is 12.7. The Bertz CT molecular complexity index is 837. The maximum atomic E-state index is 10.6. The van der Waals surface area contributed by atoms with Gasteiger partial charge in [0.2, 0.25) is 0 Å². The third-order valence-corrected chi connectivity index (χ3v) is 4.28. The van der Waals surface area contributed by atoms with Crippen LogP contribution in [0.4, 0.5) is 0 Å². The van der Waals surface area contributed by atoms with Crippen molar-refractivity contribution >= 4 is 10.9 Å². The van der Waals surface area contributed by atoms with Crippen molar-refractivity contribution in [3.63, 3.8) is 0 Å². The van der Waals surface area contributed by atoms with Crippen LogP contribution < -0.4 is 4.74 Å². The van der Waals surface area contributed by atoms with Gasteiger partial charge >= 0.3 is 0 Å². The summed E-state index contributed by atoms with van der Waals surface area (Å²) in [5, 5.41) is 11.8. The number of para-hydroxylation sites is 2. The predicted molar refractivity (Wildman–Crippen MR) is 93.2 cm³/mol. The standard InChI is InChI=1S/C19H22N2O2/c1-12-17(13-8-5-6-10-15(13)20-12)18(21(2)3)14-9-7-11-16(23-4)19(14)22/h5-11,18,20,22H,1-4H3. The van der Waals surface area contributed by atoms with Gasteiger partial charge in [0.05, 0.1) is 13.2 Å². The van der Waals surface area contributed by atoms with Crippen molar-refractivity contribution in [1.82, 2.24) is 9.88 Å². The maximum Gasteiger partial charge on any atom is 0.162 e. The number of fused-ring (bicyclic) bond motifs is 1. The van der Waals surface area contributed by atoms with Crippen LogP contribution in [0.15, 0.2) is 42.5 Å². The van der Waals surface area contributed by atoms with E-state index in [1.807, 2.05) is 38.4 Å². The van der Waals surface area contributed by atoms with Crippen molar-refractivity contribution in [3.8, 4) is 11.5 Å². The van der Waals surface area contributed by atoms with E-state index in [1.54, 1.807) is 13.2 Å². The Morgan fingerprint density at radius 2 is 1.83 bits per heavy atom. The molecule has 0 spiro atoms. The van der Waals surface area contributed by atoms with Gasteiger partial charge in [-0.25, -0.2) is 0 Å². The van der Waals surface area contributed by atoms with Crippen LogP contribution in [0, 0.1) is 6.92 Å². The minimum absolute atomic E-state index is 0.0683. The van der Waals surface area contributed by atoms with Gasteiger partial charge in [-0.3, -0.25) is 4.90 Å². The number of hydrogen-bond donors (Lipinski definition) is 2. The molecule has 0 aliphatic heterocycles. The fourth-order valence-electron chi connectivity index (χ4n) is 3.27. The fraction of sp³-hybridized carbons (Fsp3) is 0.263. The van der Waals surface area contributed by atoms with Crippen molar-refractivity contribution in [2.24, 2.45) is 0 Å². The Morgan fingerprint density at radius 3 is 2.52 bits per heavy atom. The van der Waals surface area contributed by atoms with Gasteiger partial charge in [-0.05, 0) is 33.2 Å². The number of H-pyrrole nitrogens is 1. The summed E-state index contributed by atoms with van der Waals surface area (Å²) in [6.45, 7) is 2.07. The van der Waals surface area contributed by atoms with E-state index in [-0.39, 0.29) is 11.8 Å². The largest absolute Gasteiger partial charge is 0.504 e. The van der Waals surface area contributed by atoms with Gasteiger partial charge < -0.3 is 14.8 Å². The van der Waals surface area contributed by atoms with Crippen molar-refractivity contribution in [3.05, 3.63) is 59.3 Å². The number of nitrogens with one attached hydrogen (secondary N) is 1. The molecule has 0 saturated heterocycles. The van der Waals surface area contributed by atoms with Gasteiger partial charge in [-0.2, -0.15) is 0 Å². The van der Waals surface area contributed by atoms with Crippen molar-refractivity contribution in [2.75, 3.05) is 21.2 Å². The van der Waals surface area contributed by atoms with Gasteiger partial charge in [0.1, 0.15) is 0 Å². The molecule has 0 bridgehead atoms. The van der Waals surface area contributed by atoms with Crippen molar-refractivity contribution in [2.45, 2.75) is 13.0 Å². The number of methoxy groups -OCH3 is 1. The van der Waals surface area contributed by atoms with E-state index in [2.05, 4.69) is 28.9 Å². The highest BCUT2D eigenvalue weighted by molar-refractivity contribution is 5.85. The van der Waals surface area contributed by atoms with Crippen LogP contribution in [-0.4, -0.2) is 36.2 Å². The second kappa shape index (κ2) is 5.97. The molecule has 4 heteroatoms. The predicted octanol–water partition coefficient (Wildman–Crippen LogP) is 3.84. The van der Waals surface area contributed by atoms with E-state index in [9.17, 15) is 5.11 Å². The number of benzene rings is 2. The molecule has 2 N–H and O–H groups in total. The van der Waals surface area contributed by atoms with E-state index in [0.29, 0.717) is 5.75 Å². The number of aromatic amines is 1. The number of phenolic OH excluding ortho intramolecular Hbond substituents is 1. The molecule has 120 valence electrons. The highest BCUT2D eigenvalue weighted by Gasteiger charge is 2.26. The first-order chi connectivity index (χ1) is 11.0. The first-order valence-electron chi connectivity index (χ1n) is 7.64. The van der Waals surface area contributed by atoms with Crippen molar-refractivity contribution in [1.29, 1.82) is 0 Å². The maximum absolute atomic E-state index is 10.6. The molecule has 4 nitrogen and oxygen atoms in total. The monoisotopic (exact) mass is 310 g/mol. The summed E-state index contributed by atoms with van der Waals surface area (Å²) in [4.78, 5) is 5.55. The molecule has 1 unspecified atom stereocenters. The SMILES string of the molecule is COc1cccc(C(c2c(C)[nH]c3ccccc23)N(C)C)c1O. The zero-order valence-corrected chi connectivity index (χ0v) is 13.9. The molecule has 0 radical (unpaired) electrons. The topological polar surface area (TPSA) is 48.5 Å². The molecule has 0 aliphatic rings. The highest BCUT2D eigenvalue weighted by atomic mass is 16.5. The molecule has 1 heterocycles. The van der Waals surface area contributed by atoms with E-state index >= 15 is 0 Å². The molecule has 3 aromatic rings. The van der Waals surface area contributed by atoms with Gasteiger partial charge in [0, 0.05) is 27.7 Å². The third kappa shape index (κ3) is 2.55. The first kappa shape index (κ1) is 15.4. The third-order valence-electron chi connectivity index (χ3n) is 4.28. The summed E-state index contributed by atoms with van der Waals surface area (Å²) in [5.74, 6) is 0.685. The summed E-state index contributed by atoms with van der Waals surface area (Å²) < 4.78 is 5.27. The Balaban J connectivity index is 2.26. The number of aromatic nitrogens is 1. The average Bonchev–Trinajstić information content (AvgIpc) is 2.85. The van der Waals surface area contributed by atoms with Gasteiger partial charge in [-0.15, -0.1) is 0 Å². The molecule has 1 aromatic heterocycles. The Labute approximate surface area is 136 Å². The van der Waals surface area contributed by atoms with Gasteiger partial charge in [0.25, 0.3) is 0 Å². The molecular formula is C19H22N2O2. The molecule has 0 aliphatic carbocycles.